The summed E-state index contributed by atoms with van der Waals surface area (Å²) in [7, 11) is 0. The van der Waals surface area contributed by atoms with E-state index in [1.807, 2.05) is 6.92 Å². The molecule has 0 aromatic heterocycles. The van der Waals surface area contributed by atoms with Crippen LogP contribution in [0.5, 0.6) is 5.75 Å². The van der Waals surface area contributed by atoms with Gasteiger partial charge in [-0.1, -0.05) is 6.92 Å². The maximum absolute atomic E-state index is 13.0. The summed E-state index contributed by atoms with van der Waals surface area (Å²) >= 11 is 6.34. The minimum absolute atomic E-state index is 0.304. The summed E-state index contributed by atoms with van der Waals surface area (Å²) in [6, 6.07) is 2.51. The van der Waals surface area contributed by atoms with Crippen LogP contribution in [0.15, 0.2) is 21.1 Å². The third-order valence-corrected chi connectivity index (χ3v) is 3.77. The summed E-state index contributed by atoms with van der Waals surface area (Å²) in [6.07, 6.45) is 0.669. The molecule has 1 aromatic carbocycles. The van der Waals surface area contributed by atoms with Gasteiger partial charge in [-0.25, -0.2) is 4.39 Å². The summed E-state index contributed by atoms with van der Waals surface area (Å²) in [6.45, 7) is 5.53. The van der Waals surface area contributed by atoms with Crippen LogP contribution in [0.2, 0.25) is 0 Å². The highest BCUT2D eigenvalue weighted by Gasteiger charge is 2.28. The first-order valence-corrected chi connectivity index (χ1v) is 6.73. The summed E-state index contributed by atoms with van der Waals surface area (Å²) in [4.78, 5) is 11.9. The van der Waals surface area contributed by atoms with Crippen molar-refractivity contribution in [1.29, 1.82) is 0 Å². The van der Waals surface area contributed by atoms with Gasteiger partial charge in [-0.05, 0) is 64.3 Å². The van der Waals surface area contributed by atoms with Crippen LogP contribution < -0.4 is 4.74 Å². The number of esters is 1. The molecular weight excluding hydrogens is 355 g/mol. The number of carbonyl (C=O) groups is 1. The lowest BCUT2D eigenvalue weighted by Crippen LogP contribution is -2.28. The zero-order chi connectivity index (χ0) is 13.2. The number of rotatable bonds is 3. The van der Waals surface area contributed by atoms with Gasteiger partial charge in [0.15, 0.2) is 5.75 Å². The zero-order valence-corrected chi connectivity index (χ0v) is 13.0. The molecule has 0 aliphatic carbocycles. The van der Waals surface area contributed by atoms with Gasteiger partial charge < -0.3 is 4.74 Å². The van der Waals surface area contributed by atoms with Crippen molar-refractivity contribution in [3.05, 3.63) is 26.9 Å². The summed E-state index contributed by atoms with van der Waals surface area (Å²) in [5, 5.41) is 0. The highest BCUT2D eigenvalue weighted by molar-refractivity contribution is 9.11. The molecule has 0 bridgehead atoms. The van der Waals surface area contributed by atoms with Crippen molar-refractivity contribution in [3.63, 3.8) is 0 Å². The average molecular weight is 368 g/mol. The first-order valence-electron chi connectivity index (χ1n) is 5.14. The molecule has 0 N–H and O–H groups in total. The summed E-state index contributed by atoms with van der Waals surface area (Å²) < 4.78 is 19.1. The van der Waals surface area contributed by atoms with Crippen molar-refractivity contribution in [2.75, 3.05) is 0 Å². The van der Waals surface area contributed by atoms with E-state index < -0.39 is 11.2 Å². The lowest BCUT2D eigenvalue weighted by atomic mass is 9.91. The molecule has 0 aliphatic heterocycles. The van der Waals surface area contributed by atoms with Gasteiger partial charge in [0.25, 0.3) is 0 Å². The average Bonchev–Trinajstić information content (AvgIpc) is 2.22. The van der Waals surface area contributed by atoms with Crippen molar-refractivity contribution in [2.24, 2.45) is 5.41 Å². The van der Waals surface area contributed by atoms with Crippen LogP contribution in [-0.2, 0) is 4.79 Å². The third-order valence-electron chi connectivity index (χ3n) is 2.59. The smallest absolute Gasteiger partial charge is 0.316 e. The van der Waals surface area contributed by atoms with Crippen molar-refractivity contribution in [1.82, 2.24) is 0 Å². The monoisotopic (exact) mass is 366 g/mol. The molecule has 2 nitrogen and oxygen atoms in total. The highest BCUT2D eigenvalue weighted by atomic mass is 79.9. The second kappa shape index (κ2) is 5.48. The standard InChI is InChI=1S/C12H13Br2FO2/c1-4-12(2,3)11(16)17-10-8(13)5-7(15)6-9(10)14/h5-6H,4H2,1-3H3. The number of carbonyl (C=O) groups excluding carboxylic acids is 1. The van der Waals surface area contributed by atoms with Crippen molar-refractivity contribution >= 4 is 37.8 Å². The van der Waals surface area contributed by atoms with Gasteiger partial charge in [0.2, 0.25) is 0 Å². The van der Waals surface area contributed by atoms with Gasteiger partial charge in [-0.3, -0.25) is 4.79 Å². The maximum Gasteiger partial charge on any atom is 0.316 e. The molecule has 0 saturated heterocycles. The second-order valence-electron chi connectivity index (χ2n) is 4.33. The van der Waals surface area contributed by atoms with Gasteiger partial charge in [0.1, 0.15) is 5.82 Å². The Morgan fingerprint density at radius 1 is 1.35 bits per heavy atom. The second-order valence-corrected chi connectivity index (χ2v) is 6.03. The van der Waals surface area contributed by atoms with Crippen molar-refractivity contribution in [2.45, 2.75) is 27.2 Å². The molecule has 94 valence electrons. The first-order chi connectivity index (χ1) is 7.77. The molecule has 0 aliphatic rings. The van der Waals surface area contributed by atoms with E-state index in [0.29, 0.717) is 21.1 Å². The van der Waals surface area contributed by atoms with Gasteiger partial charge in [0.05, 0.1) is 14.4 Å². The molecule has 17 heavy (non-hydrogen) atoms. The van der Waals surface area contributed by atoms with Crippen LogP contribution in [0, 0.1) is 11.2 Å². The van der Waals surface area contributed by atoms with Crippen LogP contribution in [0.1, 0.15) is 27.2 Å². The van der Waals surface area contributed by atoms with Crippen molar-refractivity contribution < 1.29 is 13.9 Å². The molecule has 0 unspecified atom stereocenters. The Balaban J connectivity index is 3.01. The van der Waals surface area contributed by atoms with Crippen LogP contribution >= 0.6 is 31.9 Å². The molecule has 1 aromatic rings. The van der Waals surface area contributed by atoms with E-state index in [4.69, 9.17) is 4.74 Å². The number of benzene rings is 1. The van der Waals surface area contributed by atoms with E-state index >= 15 is 0 Å². The molecule has 0 atom stereocenters. The van der Waals surface area contributed by atoms with Crippen LogP contribution in [0.4, 0.5) is 4.39 Å². The molecular formula is C12H13Br2FO2. The van der Waals surface area contributed by atoms with Gasteiger partial charge in [-0.15, -0.1) is 0 Å². The van der Waals surface area contributed by atoms with Crippen LogP contribution in [0.25, 0.3) is 0 Å². The SMILES string of the molecule is CCC(C)(C)C(=O)Oc1c(Br)cc(F)cc1Br. The Kier molecular flexibility index (Phi) is 4.72. The zero-order valence-electron chi connectivity index (χ0n) is 9.81. The van der Waals surface area contributed by atoms with E-state index in [1.165, 1.54) is 12.1 Å². The first kappa shape index (κ1) is 14.6. The van der Waals surface area contributed by atoms with Crippen molar-refractivity contribution in [3.8, 4) is 5.75 Å². The summed E-state index contributed by atoms with van der Waals surface area (Å²) in [5.74, 6) is -0.441. The van der Waals surface area contributed by atoms with Gasteiger partial charge >= 0.3 is 5.97 Å². The van der Waals surface area contributed by atoms with Crippen LogP contribution in [0.3, 0.4) is 0 Å². The van der Waals surface area contributed by atoms with E-state index in [1.54, 1.807) is 13.8 Å². The summed E-state index contributed by atoms with van der Waals surface area (Å²) in [5.41, 5.74) is -0.562. The van der Waals surface area contributed by atoms with E-state index in [9.17, 15) is 9.18 Å². The molecule has 5 heteroatoms. The third kappa shape index (κ3) is 3.52. The Morgan fingerprint density at radius 3 is 2.24 bits per heavy atom. The normalized spacial score (nSPS) is 11.4. The van der Waals surface area contributed by atoms with E-state index in [-0.39, 0.29) is 5.97 Å². The van der Waals surface area contributed by atoms with Gasteiger partial charge in [0, 0.05) is 0 Å². The number of ether oxygens (including phenoxy) is 1. The number of hydrogen-bond donors (Lipinski definition) is 0. The Morgan fingerprint density at radius 2 is 1.82 bits per heavy atom. The Bertz CT molecular complexity index is 421. The lowest BCUT2D eigenvalue weighted by molar-refractivity contribution is -0.144. The highest BCUT2D eigenvalue weighted by Crippen LogP contribution is 2.36. The maximum atomic E-state index is 13.0. The largest absolute Gasteiger partial charge is 0.424 e. The van der Waals surface area contributed by atoms with E-state index in [2.05, 4.69) is 31.9 Å². The molecule has 1 rings (SSSR count). The fourth-order valence-electron chi connectivity index (χ4n) is 1.00. The molecule has 0 heterocycles. The minimum Gasteiger partial charge on any atom is -0.424 e. The fourth-order valence-corrected chi connectivity index (χ4v) is 2.29. The topological polar surface area (TPSA) is 26.3 Å². The fraction of sp³-hybridized carbons (Fsp3) is 0.417. The Hall–Kier alpha value is -0.420. The molecule has 0 spiro atoms. The molecule has 0 saturated carbocycles. The Labute approximate surface area is 117 Å². The van der Waals surface area contributed by atoms with Gasteiger partial charge in [-0.2, -0.15) is 0 Å². The molecule has 0 fully saturated rings. The van der Waals surface area contributed by atoms with Crippen LogP contribution in [-0.4, -0.2) is 5.97 Å². The predicted octanol–water partition coefficient (Wildman–Crippen LogP) is 4.69. The predicted molar refractivity (Wildman–Crippen MR) is 71.5 cm³/mol. The minimum atomic E-state index is -0.562. The van der Waals surface area contributed by atoms with E-state index in [0.717, 1.165) is 0 Å². The molecule has 0 amide bonds. The number of halogens is 3. The lowest BCUT2D eigenvalue weighted by Gasteiger charge is -2.21. The number of hydrogen-bond acceptors (Lipinski definition) is 2. The molecule has 0 radical (unpaired) electrons. The quantitative estimate of drug-likeness (QED) is 0.572.